The molecule has 1 N–H and O–H groups in total. The largest absolute Gasteiger partial charge is 0.480 e. The summed E-state index contributed by atoms with van der Waals surface area (Å²) in [5.41, 5.74) is 1.64. The van der Waals surface area contributed by atoms with Gasteiger partial charge in [0.15, 0.2) is 11.8 Å². The molecular weight excluding hydrogens is 444 g/mol. The molecule has 0 aromatic heterocycles. The molecule has 8 nitrogen and oxygen atoms in total. The molecule has 31 heavy (non-hydrogen) atoms. The van der Waals surface area contributed by atoms with Gasteiger partial charge in [-0.3, -0.25) is 9.69 Å². The van der Waals surface area contributed by atoms with Gasteiger partial charge in [0.1, 0.15) is 5.75 Å². The minimum Gasteiger partial charge on any atom is -0.480 e. The van der Waals surface area contributed by atoms with Crippen LogP contribution in [0.2, 0.25) is 5.02 Å². The Balaban J connectivity index is 1.78. The number of hydrogen-bond donors (Lipinski definition) is 1. The number of benzene rings is 2. The first-order valence-corrected chi connectivity index (χ1v) is 10.1. The smallest absolute Gasteiger partial charge is 0.341 e. The van der Waals surface area contributed by atoms with E-state index < -0.39 is 18.5 Å². The third-order valence-electron chi connectivity index (χ3n) is 4.12. The lowest BCUT2D eigenvalue weighted by molar-refractivity contribution is -0.139. The molecule has 2 aromatic carbocycles. The van der Waals surface area contributed by atoms with Crippen LogP contribution in [0.5, 0.6) is 5.75 Å². The van der Waals surface area contributed by atoms with Crippen molar-refractivity contribution in [1.29, 1.82) is 0 Å². The monoisotopic (exact) mass is 460 g/mol. The van der Waals surface area contributed by atoms with Crippen LogP contribution < -0.4 is 4.74 Å². The average molecular weight is 461 g/mol. The summed E-state index contributed by atoms with van der Waals surface area (Å²) >= 11 is 7.34. The highest BCUT2D eigenvalue weighted by Gasteiger charge is 2.30. The minimum atomic E-state index is -1.11. The van der Waals surface area contributed by atoms with Crippen molar-refractivity contribution >= 4 is 58.1 Å². The van der Waals surface area contributed by atoms with E-state index in [-0.39, 0.29) is 16.7 Å². The Morgan fingerprint density at radius 3 is 2.55 bits per heavy atom. The number of hydrogen-bond acceptors (Lipinski definition) is 7. The van der Waals surface area contributed by atoms with Gasteiger partial charge in [-0.2, -0.15) is 0 Å². The van der Waals surface area contributed by atoms with Crippen molar-refractivity contribution < 1.29 is 29.0 Å². The van der Waals surface area contributed by atoms with E-state index in [1.807, 2.05) is 0 Å². The zero-order valence-electron chi connectivity index (χ0n) is 16.5. The Morgan fingerprint density at radius 2 is 1.94 bits per heavy atom. The number of amides is 1. The number of halogens is 1. The zero-order valence-corrected chi connectivity index (χ0v) is 18.1. The summed E-state index contributed by atoms with van der Waals surface area (Å²) in [6.07, 6.45) is 1.67. The molecule has 0 atom stereocenters. The first kappa shape index (κ1) is 22.4. The lowest BCUT2D eigenvalue weighted by Gasteiger charge is -2.07. The van der Waals surface area contributed by atoms with Crippen LogP contribution in [0.1, 0.15) is 15.9 Å². The van der Waals surface area contributed by atoms with Gasteiger partial charge in [0, 0.05) is 7.05 Å². The fourth-order valence-electron chi connectivity index (χ4n) is 2.57. The molecule has 0 bridgehead atoms. The lowest BCUT2D eigenvalue weighted by atomic mass is 10.2. The molecule has 1 fully saturated rings. The van der Waals surface area contributed by atoms with Gasteiger partial charge < -0.3 is 14.6 Å². The summed E-state index contributed by atoms with van der Waals surface area (Å²) in [5.74, 6) is -1.53. The van der Waals surface area contributed by atoms with Gasteiger partial charge in [0.2, 0.25) is 0 Å². The fraction of sp³-hybridized carbons (Fsp3) is 0.143. The van der Waals surface area contributed by atoms with Crippen molar-refractivity contribution in [2.24, 2.45) is 4.99 Å². The van der Waals surface area contributed by atoms with E-state index in [1.54, 1.807) is 55.6 Å². The maximum atomic E-state index is 12.6. The van der Waals surface area contributed by atoms with E-state index in [0.717, 1.165) is 0 Å². The van der Waals surface area contributed by atoms with Crippen molar-refractivity contribution in [3.63, 3.8) is 0 Å². The number of thioether (sulfide) groups is 1. The summed E-state index contributed by atoms with van der Waals surface area (Å²) in [5, 5.41) is 9.41. The van der Waals surface area contributed by atoms with Crippen LogP contribution in [0, 0.1) is 0 Å². The second-order valence-corrected chi connectivity index (χ2v) is 7.70. The number of carboxylic acids is 1. The second kappa shape index (κ2) is 9.67. The summed E-state index contributed by atoms with van der Waals surface area (Å²) in [4.78, 5) is 41.1. The predicted octanol–water partition coefficient (Wildman–Crippen LogP) is 3.82. The van der Waals surface area contributed by atoms with E-state index in [4.69, 9.17) is 21.4 Å². The van der Waals surface area contributed by atoms with Crippen LogP contribution in [0.15, 0.2) is 52.4 Å². The van der Waals surface area contributed by atoms with Crippen LogP contribution in [-0.4, -0.2) is 53.8 Å². The molecule has 1 saturated heterocycles. The quantitative estimate of drug-likeness (QED) is 0.516. The van der Waals surface area contributed by atoms with E-state index in [1.165, 1.54) is 23.8 Å². The van der Waals surface area contributed by atoms with Crippen LogP contribution >= 0.6 is 23.4 Å². The van der Waals surface area contributed by atoms with Crippen LogP contribution in [0.4, 0.5) is 5.69 Å². The molecule has 1 aliphatic heterocycles. The molecule has 2 aromatic rings. The number of nitrogens with zero attached hydrogens (tertiary/aromatic N) is 2. The van der Waals surface area contributed by atoms with Gasteiger partial charge in [-0.05, 0) is 59.8 Å². The Kier molecular flexibility index (Phi) is 6.98. The summed E-state index contributed by atoms with van der Waals surface area (Å²) in [6, 6.07) is 11.3. The number of carbonyl (C=O) groups is 3. The first-order chi connectivity index (χ1) is 14.8. The van der Waals surface area contributed by atoms with E-state index >= 15 is 0 Å². The number of aliphatic imine (C=N–C) groups is 1. The number of ether oxygens (including phenoxy) is 2. The van der Waals surface area contributed by atoms with Gasteiger partial charge in [-0.25, -0.2) is 14.6 Å². The van der Waals surface area contributed by atoms with Crippen LogP contribution in [0.25, 0.3) is 6.08 Å². The zero-order chi connectivity index (χ0) is 22.5. The molecule has 1 amide bonds. The Morgan fingerprint density at radius 1 is 1.23 bits per heavy atom. The second-order valence-electron chi connectivity index (χ2n) is 6.28. The van der Waals surface area contributed by atoms with Crippen molar-refractivity contribution in [3.05, 3.63) is 63.5 Å². The molecule has 1 heterocycles. The molecule has 0 spiro atoms. The van der Waals surface area contributed by atoms with Crippen molar-refractivity contribution in [1.82, 2.24) is 4.90 Å². The molecule has 3 rings (SSSR count). The number of methoxy groups -OCH3 is 1. The Labute approximate surface area is 187 Å². The standard InChI is InChI=1S/C21H17ClN2O6S/c1-24-19(27)17(10-12-3-8-16(15(22)9-12)30-11-18(25)26)31-21(24)23-14-6-4-13(5-7-14)20(28)29-2/h3-10H,11H2,1-2H3,(H,25,26)/b17-10-,23-21?. The third-order valence-corrected chi connectivity index (χ3v) is 5.48. The molecule has 0 saturated carbocycles. The van der Waals surface area contributed by atoms with E-state index in [2.05, 4.69) is 9.73 Å². The van der Waals surface area contributed by atoms with Gasteiger partial charge in [-0.1, -0.05) is 17.7 Å². The van der Waals surface area contributed by atoms with Crippen LogP contribution in [0.3, 0.4) is 0 Å². The maximum absolute atomic E-state index is 12.6. The average Bonchev–Trinajstić information content (AvgIpc) is 3.00. The van der Waals surface area contributed by atoms with Gasteiger partial charge in [0.05, 0.1) is 28.3 Å². The minimum absolute atomic E-state index is 0.225. The Hall–Kier alpha value is -3.30. The van der Waals surface area contributed by atoms with E-state index in [9.17, 15) is 14.4 Å². The molecule has 0 aliphatic carbocycles. The third kappa shape index (κ3) is 5.44. The highest BCUT2D eigenvalue weighted by Crippen LogP contribution is 2.34. The van der Waals surface area contributed by atoms with Crippen LogP contribution in [-0.2, 0) is 14.3 Å². The maximum Gasteiger partial charge on any atom is 0.341 e. The Bertz CT molecular complexity index is 1100. The number of amidine groups is 1. The number of rotatable bonds is 6. The fourth-order valence-corrected chi connectivity index (χ4v) is 3.80. The summed E-state index contributed by atoms with van der Waals surface area (Å²) in [7, 11) is 2.93. The molecule has 10 heteroatoms. The first-order valence-electron chi connectivity index (χ1n) is 8.87. The number of esters is 1. The summed E-state index contributed by atoms with van der Waals surface area (Å²) < 4.78 is 9.76. The molecule has 160 valence electrons. The topological polar surface area (TPSA) is 106 Å². The predicted molar refractivity (Wildman–Crippen MR) is 118 cm³/mol. The molecule has 1 aliphatic rings. The van der Waals surface area contributed by atoms with Gasteiger partial charge in [-0.15, -0.1) is 0 Å². The highest BCUT2D eigenvalue weighted by molar-refractivity contribution is 8.18. The number of likely N-dealkylation sites (N-methyl/N-ethyl adjacent to an activating group) is 1. The van der Waals surface area contributed by atoms with Gasteiger partial charge >= 0.3 is 11.9 Å². The number of carboxylic acid groups (broad SMARTS) is 1. The number of carbonyl (C=O) groups excluding carboxylic acids is 2. The normalized spacial score (nSPS) is 16.1. The summed E-state index contributed by atoms with van der Waals surface area (Å²) in [6.45, 7) is -0.500. The lowest BCUT2D eigenvalue weighted by Crippen LogP contribution is -2.23. The van der Waals surface area contributed by atoms with Crippen molar-refractivity contribution in [2.75, 3.05) is 20.8 Å². The number of aliphatic carboxylic acids is 1. The van der Waals surface area contributed by atoms with Crippen molar-refractivity contribution in [3.8, 4) is 5.75 Å². The molecule has 0 radical (unpaired) electrons. The van der Waals surface area contributed by atoms with E-state index in [0.29, 0.717) is 26.9 Å². The molecular formula is C21H17ClN2O6S. The SMILES string of the molecule is COC(=O)c1ccc(N=C2S/C(=C\c3ccc(OCC(=O)O)c(Cl)c3)C(=O)N2C)cc1. The van der Waals surface area contributed by atoms with Crippen molar-refractivity contribution in [2.45, 2.75) is 0 Å². The highest BCUT2D eigenvalue weighted by atomic mass is 35.5. The molecule has 0 unspecified atom stereocenters. The van der Waals surface area contributed by atoms with Gasteiger partial charge in [0.25, 0.3) is 5.91 Å².